The molecule has 0 bridgehead atoms. The molecule has 1 fully saturated rings. The lowest BCUT2D eigenvalue weighted by Crippen LogP contribution is -1.90. The third kappa shape index (κ3) is 1.59. The highest BCUT2D eigenvalue weighted by molar-refractivity contribution is 7.16. The summed E-state index contributed by atoms with van der Waals surface area (Å²) < 4.78 is 0. The van der Waals surface area contributed by atoms with Gasteiger partial charge < -0.3 is 5.73 Å². The standard InChI is InChI=1S/C12H13N3S/c1-7-4-5-14-6-9(7)10-11(13)16-12(15-10)8-2-3-8/h4-6,8H,2-3,13H2,1H3. The predicted octanol–water partition coefficient (Wildman–Crippen LogP) is 2.97. The lowest BCUT2D eigenvalue weighted by Gasteiger charge is -2.01. The number of aromatic nitrogens is 2. The fourth-order valence-electron chi connectivity index (χ4n) is 1.76. The molecule has 2 aromatic rings. The largest absolute Gasteiger partial charge is 0.389 e. The Balaban J connectivity index is 2.08. The van der Waals surface area contributed by atoms with E-state index >= 15 is 0 Å². The van der Waals surface area contributed by atoms with Crippen LogP contribution >= 0.6 is 11.3 Å². The highest BCUT2D eigenvalue weighted by Gasteiger charge is 2.28. The fraction of sp³-hybridized carbons (Fsp3) is 0.333. The molecule has 0 aliphatic heterocycles. The minimum absolute atomic E-state index is 0.665. The summed E-state index contributed by atoms with van der Waals surface area (Å²) in [5, 5.41) is 2.01. The van der Waals surface area contributed by atoms with Gasteiger partial charge in [0.15, 0.2) is 0 Å². The van der Waals surface area contributed by atoms with Crippen molar-refractivity contribution in [1.82, 2.24) is 9.97 Å². The number of hydrogen-bond donors (Lipinski definition) is 1. The highest BCUT2D eigenvalue weighted by Crippen LogP contribution is 2.45. The Kier molecular flexibility index (Phi) is 2.17. The molecule has 16 heavy (non-hydrogen) atoms. The predicted molar refractivity (Wildman–Crippen MR) is 66.5 cm³/mol. The number of rotatable bonds is 2. The number of thiazole rings is 1. The molecule has 0 aromatic carbocycles. The third-order valence-electron chi connectivity index (χ3n) is 2.89. The number of nitrogen functional groups attached to an aromatic ring is 1. The van der Waals surface area contributed by atoms with Crippen LogP contribution in [0.25, 0.3) is 11.3 Å². The summed E-state index contributed by atoms with van der Waals surface area (Å²) in [6.45, 7) is 2.06. The molecule has 1 aliphatic rings. The van der Waals surface area contributed by atoms with Gasteiger partial charge in [0.1, 0.15) is 10.7 Å². The van der Waals surface area contributed by atoms with Gasteiger partial charge in [-0.15, -0.1) is 11.3 Å². The molecular formula is C12H13N3S. The van der Waals surface area contributed by atoms with Crippen molar-refractivity contribution < 1.29 is 0 Å². The van der Waals surface area contributed by atoms with Crippen molar-refractivity contribution in [3.8, 4) is 11.3 Å². The quantitative estimate of drug-likeness (QED) is 0.864. The van der Waals surface area contributed by atoms with Crippen LogP contribution in [0.3, 0.4) is 0 Å². The molecule has 0 radical (unpaired) electrons. The van der Waals surface area contributed by atoms with E-state index in [4.69, 9.17) is 5.73 Å². The second-order valence-electron chi connectivity index (χ2n) is 4.23. The molecule has 0 unspecified atom stereocenters. The summed E-state index contributed by atoms with van der Waals surface area (Å²) in [5.41, 5.74) is 9.18. The number of aryl methyl sites for hydroxylation is 1. The van der Waals surface area contributed by atoms with Crippen molar-refractivity contribution >= 4 is 16.3 Å². The summed E-state index contributed by atoms with van der Waals surface area (Å²) in [5.74, 6) is 0.665. The maximum Gasteiger partial charge on any atom is 0.114 e. The van der Waals surface area contributed by atoms with Crippen molar-refractivity contribution in [3.05, 3.63) is 29.0 Å². The van der Waals surface area contributed by atoms with Crippen molar-refractivity contribution in [2.24, 2.45) is 0 Å². The van der Waals surface area contributed by atoms with Crippen LogP contribution in [0.2, 0.25) is 0 Å². The number of pyridine rings is 1. The van der Waals surface area contributed by atoms with Crippen LogP contribution in [-0.2, 0) is 0 Å². The van der Waals surface area contributed by atoms with Crippen molar-refractivity contribution in [1.29, 1.82) is 0 Å². The molecule has 0 amide bonds. The fourth-order valence-corrected chi connectivity index (χ4v) is 2.78. The van der Waals surface area contributed by atoms with E-state index in [0.717, 1.165) is 16.3 Å². The van der Waals surface area contributed by atoms with E-state index in [1.165, 1.54) is 23.4 Å². The molecule has 0 spiro atoms. The summed E-state index contributed by atoms with van der Waals surface area (Å²) in [6, 6.07) is 1.99. The molecule has 2 aromatic heterocycles. The minimum Gasteiger partial charge on any atom is -0.389 e. The zero-order chi connectivity index (χ0) is 11.1. The van der Waals surface area contributed by atoms with Crippen LogP contribution in [0.5, 0.6) is 0 Å². The van der Waals surface area contributed by atoms with E-state index in [1.807, 2.05) is 12.3 Å². The van der Waals surface area contributed by atoms with Gasteiger partial charge in [-0.2, -0.15) is 0 Å². The van der Waals surface area contributed by atoms with Gasteiger partial charge in [0.25, 0.3) is 0 Å². The number of hydrogen-bond acceptors (Lipinski definition) is 4. The van der Waals surface area contributed by atoms with Crippen LogP contribution < -0.4 is 5.73 Å². The summed E-state index contributed by atoms with van der Waals surface area (Å²) in [6.07, 6.45) is 6.16. The van der Waals surface area contributed by atoms with Crippen molar-refractivity contribution in [2.45, 2.75) is 25.7 Å². The molecule has 4 heteroatoms. The van der Waals surface area contributed by atoms with Crippen LogP contribution in [0.15, 0.2) is 18.5 Å². The SMILES string of the molecule is Cc1ccncc1-c1nc(C2CC2)sc1N. The first-order valence-electron chi connectivity index (χ1n) is 5.43. The van der Waals surface area contributed by atoms with E-state index in [-0.39, 0.29) is 0 Å². The summed E-state index contributed by atoms with van der Waals surface area (Å²) in [7, 11) is 0. The molecule has 1 saturated carbocycles. The second-order valence-corrected chi connectivity index (χ2v) is 5.29. The highest BCUT2D eigenvalue weighted by atomic mass is 32.1. The average molecular weight is 231 g/mol. The zero-order valence-corrected chi connectivity index (χ0v) is 9.92. The molecule has 0 atom stereocenters. The van der Waals surface area contributed by atoms with Crippen molar-refractivity contribution in [2.75, 3.05) is 5.73 Å². The normalized spacial score (nSPS) is 15.3. The smallest absolute Gasteiger partial charge is 0.114 e. The number of anilines is 1. The molecule has 0 saturated heterocycles. The molecule has 3 rings (SSSR count). The van der Waals surface area contributed by atoms with Crippen LogP contribution in [0, 0.1) is 6.92 Å². The maximum absolute atomic E-state index is 6.04. The summed E-state index contributed by atoms with van der Waals surface area (Å²) >= 11 is 1.63. The zero-order valence-electron chi connectivity index (χ0n) is 9.10. The first-order chi connectivity index (χ1) is 7.75. The Hall–Kier alpha value is -1.42. The van der Waals surface area contributed by atoms with Gasteiger partial charge in [0.05, 0.1) is 5.01 Å². The lowest BCUT2D eigenvalue weighted by molar-refractivity contribution is 1.08. The van der Waals surface area contributed by atoms with Gasteiger partial charge in [-0.1, -0.05) is 0 Å². The van der Waals surface area contributed by atoms with E-state index in [9.17, 15) is 0 Å². The molecule has 1 aliphatic carbocycles. The first-order valence-corrected chi connectivity index (χ1v) is 6.24. The first kappa shape index (κ1) is 9.78. The van der Waals surface area contributed by atoms with Gasteiger partial charge in [-0.25, -0.2) is 4.98 Å². The maximum atomic E-state index is 6.04. The van der Waals surface area contributed by atoms with Gasteiger partial charge in [-0.05, 0) is 31.4 Å². The number of nitrogens with two attached hydrogens (primary N) is 1. The second kappa shape index (κ2) is 3.56. The van der Waals surface area contributed by atoms with Crippen LogP contribution in [0.4, 0.5) is 5.00 Å². The van der Waals surface area contributed by atoms with Crippen LogP contribution in [0.1, 0.15) is 29.3 Å². The Labute approximate surface area is 98.4 Å². The van der Waals surface area contributed by atoms with Gasteiger partial charge >= 0.3 is 0 Å². The topological polar surface area (TPSA) is 51.8 Å². The molecule has 82 valence electrons. The van der Waals surface area contributed by atoms with Crippen LogP contribution in [-0.4, -0.2) is 9.97 Å². The Morgan fingerprint density at radius 3 is 2.94 bits per heavy atom. The Bertz CT molecular complexity index is 529. The number of nitrogens with zero attached hydrogens (tertiary/aromatic N) is 2. The third-order valence-corrected chi connectivity index (χ3v) is 3.94. The average Bonchev–Trinajstić information content (AvgIpc) is 3.04. The van der Waals surface area contributed by atoms with Gasteiger partial charge in [-0.3, -0.25) is 4.98 Å². The summed E-state index contributed by atoms with van der Waals surface area (Å²) in [4.78, 5) is 8.80. The Morgan fingerprint density at radius 1 is 1.44 bits per heavy atom. The van der Waals surface area contributed by atoms with Gasteiger partial charge in [0, 0.05) is 23.9 Å². The minimum atomic E-state index is 0.665. The van der Waals surface area contributed by atoms with Gasteiger partial charge in [0.2, 0.25) is 0 Å². The van der Waals surface area contributed by atoms with E-state index in [1.54, 1.807) is 17.5 Å². The van der Waals surface area contributed by atoms with E-state index < -0.39 is 0 Å². The molecule has 2 N–H and O–H groups in total. The monoisotopic (exact) mass is 231 g/mol. The molecular weight excluding hydrogens is 218 g/mol. The Morgan fingerprint density at radius 2 is 2.25 bits per heavy atom. The molecule has 2 heterocycles. The lowest BCUT2D eigenvalue weighted by atomic mass is 10.1. The van der Waals surface area contributed by atoms with Crippen molar-refractivity contribution in [3.63, 3.8) is 0 Å². The van der Waals surface area contributed by atoms with E-state index in [2.05, 4.69) is 16.9 Å². The molecule has 3 nitrogen and oxygen atoms in total. The van der Waals surface area contributed by atoms with E-state index in [0.29, 0.717) is 5.92 Å².